The first-order chi connectivity index (χ1) is 8.12. The molecule has 1 aromatic carbocycles. The summed E-state index contributed by atoms with van der Waals surface area (Å²) in [5, 5.41) is 3.37. The molecule has 1 aliphatic heterocycles. The van der Waals surface area contributed by atoms with Gasteiger partial charge in [0.1, 0.15) is 5.54 Å². The van der Waals surface area contributed by atoms with E-state index in [1.807, 2.05) is 0 Å². The summed E-state index contributed by atoms with van der Waals surface area (Å²) in [6.45, 7) is 0. The topological polar surface area (TPSA) is 49.4 Å². The van der Waals surface area contributed by atoms with Crippen molar-refractivity contribution < 1.29 is 9.59 Å². The number of anilines is 1. The molecule has 3 amide bonds. The fourth-order valence-corrected chi connectivity index (χ4v) is 2.44. The van der Waals surface area contributed by atoms with Gasteiger partial charge in [-0.15, -0.1) is 0 Å². The minimum Gasteiger partial charge on any atom is -0.323 e. The molecule has 1 N–H and O–H groups in total. The lowest BCUT2D eigenvalue weighted by Crippen LogP contribution is -2.52. The number of nitrogens with one attached hydrogen (secondary N) is 1. The molecule has 1 saturated carbocycles. The van der Waals surface area contributed by atoms with E-state index in [1.54, 1.807) is 24.3 Å². The van der Waals surface area contributed by atoms with Gasteiger partial charge in [-0.05, 0) is 43.5 Å². The Morgan fingerprint density at radius 3 is 2.29 bits per heavy atom. The summed E-state index contributed by atoms with van der Waals surface area (Å²) in [6.07, 6.45) is 2.46. The predicted molar refractivity (Wildman–Crippen MR) is 64.1 cm³/mol. The van der Waals surface area contributed by atoms with Gasteiger partial charge in [0, 0.05) is 5.02 Å². The average molecular weight is 251 g/mol. The molecule has 1 saturated heterocycles. The molecule has 4 nitrogen and oxygen atoms in total. The van der Waals surface area contributed by atoms with Crippen molar-refractivity contribution in [3.05, 3.63) is 29.3 Å². The van der Waals surface area contributed by atoms with Crippen LogP contribution in [0.25, 0.3) is 0 Å². The van der Waals surface area contributed by atoms with Crippen molar-refractivity contribution in [2.45, 2.75) is 24.8 Å². The van der Waals surface area contributed by atoms with Gasteiger partial charge in [-0.25, -0.2) is 9.69 Å². The zero-order valence-corrected chi connectivity index (χ0v) is 9.83. The summed E-state index contributed by atoms with van der Waals surface area (Å²) in [5.41, 5.74) is -0.0582. The molecule has 1 aliphatic carbocycles. The van der Waals surface area contributed by atoms with E-state index in [2.05, 4.69) is 5.32 Å². The Hall–Kier alpha value is -1.55. The lowest BCUT2D eigenvalue weighted by molar-refractivity contribution is -0.124. The van der Waals surface area contributed by atoms with Gasteiger partial charge in [-0.2, -0.15) is 0 Å². The maximum atomic E-state index is 12.2. The molecule has 5 heteroatoms. The van der Waals surface area contributed by atoms with Gasteiger partial charge in [0.15, 0.2) is 0 Å². The Kier molecular flexibility index (Phi) is 2.16. The van der Waals surface area contributed by atoms with E-state index in [4.69, 9.17) is 11.6 Å². The van der Waals surface area contributed by atoms with Crippen LogP contribution >= 0.6 is 11.6 Å². The lowest BCUT2D eigenvalue weighted by atomic mass is 9.77. The molecule has 1 aromatic rings. The van der Waals surface area contributed by atoms with E-state index in [-0.39, 0.29) is 11.9 Å². The second kappa shape index (κ2) is 3.47. The largest absolute Gasteiger partial charge is 0.329 e. The molecule has 0 bridgehead atoms. The van der Waals surface area contributed by atoms with Crippen LogP contribution in [0.2, 0.25) is 5.02 Å². The highest BCUT2D eigenvalue weighted by molar-refractivity contribution is 6.31. The number of halogens is 1. The van der Waals surface area contributed by atoms with Crippen LogP contribution in [-0.2, 0) is 4.79 Å². The predicted octanol–water partition coefficient (Wildman–Crippen LogP) is 2.32. The van der Waals surface area contributed by atoms with Crippen molar-refractivity contribution in [1.29, 1.82) is 0 Å². The normalized spacial score (nSPS) is 21.6. The smallest absolute Gasteiger partial charge is 0.323 e. The van der Waals surface area contributed by atoms with Crippen LogP contribution in [0.3, 0.4) is 0 Å². The molecule has 1 heterocycles. The van der Waals surface area contributed by atoms with E-state index in [1.165, 1.54) is 4.90 Å². The fraction of sp³-hybridized carbons (Fsp3) is 0.333. The number of hydrogen-bond donors (Lipinski definition) is 1. The number of amides is 3. The molecular weight excluding hydrogens is 240 g/mol. The molecule has 0 aromatic heterocycles. The highest BCUT2D eigenvalue weighted by Crippen LogP contribution is 2.38. The molecule has 2 aliphatic rings. The fourth-order valence-electron chi connectivity index (χ4n) is 2.31. The maximum absolute atomic E-state index is 12.2. The maximum Gasteiger partial charge on any atom is 0.329 e. The van der Waals surface area contributed by atoms with Gasteiger partial charge in [0.25, 0.3) is 5.91 Å². The Bertz CT molecular complexity index is 494. The quantitative estimate of drug-likeness (QED) is 0.778. The van der Waals surface area contributed by atoms with Crippen molar-refractivity contribution in [3.63, 3.8) is 0 Å². The Morgan fingerprint density at radius 2 is 1.82 bits per heavy atom. The first kappa shape index (κ1) is 10.6. The van der Waals surface area contributed by atoms with E-state index < -0.39 is 5.54 Å². The number of carbonyl (C=O) groups excluding carboxylic acids is 2. The zero-order valence-electron chi connectivity index (χ0n) is 9.07. The number of benzene rings is 1. The molecular formula is C12H11ClN2O2. The summed E-state index contributed by atoms with van der Waals surface area (Å²) >= 11 is 5.78. The number of rotatable bonds is 1. The van der Waals surface area contributed by atoms with Crippen LogP contribution in [-0.4, -0.2) is 17.5 Å². The Morgan fingerprint density at radius 1 is 1.18 bits per heavy atom. The second-order valence-electron chi connectivity index (χ2n) is 4.48. The van der Waals surface area contributed by atoms with Gasteiger partial charge in [0.2, 0.25) is 0 Å². The third-order valence-electron chi connectivity index (χ3n) is 3.45. The van der Waals surface area contributed by atoms with Gasteiger partial charge in [0.05, 0.1) is 5.69 Å². The van der Waals surface area contributed by atoms with Gasteiger partial charge < -0.3 is 5.32 Å². The number of nitrogens with zero attached hydrogens (tertiary/aromatic N) is 1. The van der Waals surface area contributed by atoms with Gasteiger partial charge >= 0.3 is 6.03 Å². The van der Waals surface area contributed by atoms with Crippen molar-refractivity contribution in [2.75, 3.05) is 4.90 Å². The number of urea groups is 1. The van der Waals surface area contributed by atoms with Crippen LogP contribution in [0.4, 0.5) is 10.5 Å². The minimum atomic E-state index is -0.628. The van der Waals surface area contributed by atoms with E-state index in [9.17, 15) is 9.59 Å². The van der Waals surface area contributed by atoms with Crippen LogP contribution in [0, 0.1) is 0 Å². The first-order valence-electron chi connectivity index (χ1n) is 5.55. The van der Waals surface area contributed by atoms with Crippen molar-refractivity contribution in [1.82, 2.24) is 5.32 Å². The number of imide groups is 1. The monoisotopic (exact) mass is 250 g/mol. The van der Waals surface area contributed by atoms with Crippen LogP contribution < -0.4 is 10.2 Å². The summed E-state index contributed by atoms with van der Waals surface area (Å²) in [7, 11) is 0. The highest BCUT2D eigenvalue weighted by Gasteiger charge is 2.55. The number of hydrogen-bond acceptors (Lipinski definition) is 2. The molecule has 2 fully saturated rings. The zero-order chi connectivity index (χ0) is 12.0. The summed E-state index contributed by atoms with van der Waals surface area (Å²) in [6, 6.07) is 6.36. The van der Waals surface area contributed by atoms with Crippen molar-refractivity contribution >= 4 is 29.2 Å². The average Bonchev–Trinajstić information content (AvgIpc) is 2.52. The summed E-state index contributed by atoms with van der Waals surface area (Å²) < 4.78 is 0. The SMILES string of the molecule is O=C1NC2(CCC2)C(=O)N1c1ccc(Cl)cc1. The van der Waals surface area contributed by atoms with Gasteiger partial charge in [-0.3, -0.25) is 4.79 Å². The lowest BCUT2D eigenvalue weighted by Gasteiger charge is -2.34. The highest BCUT2D eigenvalue weighted by atomic mass is 35.5. The van der Waals surface area contributed by atoms with Gasteiger partial charge in [-0.1, -0.05) is 11.6 Å². The second-order valence-corrected chi connectivity index (χ2v) is 4.92. The molecule has 0 unspecified atom stereocenters. The van der Waals surface area contributed by atoms with Crippen LogP contribution in [0.1, 0.15) is 19.3 Å². The van der Waals surface area contributed by atoms with Crippen LogP contribution in [0.15, 0.2) is 24.3 Å². The molecule has 1 spiro atoms. The molecule has 3 rings (SSSR count). The third kappa shape index (κ3) is 1.44. The Labute approximate surface area is 104 Å². The summed E-state index contributed by atoms with van der Waals surface area (Å²) in [5.74, 6) is -0.143. The summed E-state index contributed by atoms with van der Waals surface area (Å²) in [4.78, 5) is 25.3. The standard InChI is InChI=1S/C12H11ClN2O2/c13-8-2-4-9(5-3-8)15-10(16)12(6-1-7-12)14-11(15)17/h2-5H,1,6-7H2,(H,14,17). The minimum absolute atomic E-state index is 0.143. The third-order valence-corrected chi connectivity index (χ3v) is 3.71. The van der Waals surface area contributed by atoms with Crippen LogP contribution in [0.5, 0.6) is 0 Å². The molecule has 0 radical (unpaired) electrons. The molecule has 88 valence electrons. The van der Waals surface area contributed by atoms with E-state index >= 15 is 0 Å². The molecule has 17 heavy (non-hydrogen) atoms. The van der Waals surface area contributed by atoms with E-state index in [0.717, 1.165) is 19.3 Å². The first-order valence-corrected chi connectivity index (χ1v) is 5.92. The Balaban J connectivity index is 1.95. The van der Waals surface area contributed by atoms with E-state index in [0.29, 0.717) is 10.7 Å². The van der Waals surface area contributed by atoms with Crippen molar-refractivity contribution in [2.24, 2.45) is 0 Å². The molecule has 0 atom stereocenters. The number of carbonyl (C=O) groups is 2. The van der Waals surface area contributed by atoms with Crippen molar-refractivity contribution in [3.8, 4) is 0 Å².